The number of amides is 1. The molecule has 1 fully saturated rings. The van der Waals surface area contributed by atoms with Crippen LogP contribution in [0.1, 0.15) is 40.0 Å². The second kappa shape index (κ2) is 7.10. The molecule has 2 atom stereocenters. The van der Waals surface area contributed by atoms with Crippen LogP contribution in [0.2, 0.25) is 0 Å². The van der Waals surface area contributed by atoms with Gasteiger partial charge < -0.3 is 15.4 Å². The van der Waals surface area contributed by atoms with Gasteiger partial charge >= 0.3 is 0 Å². The van der Waals surface area contributed by atoms with Gasteiger partial charge in [0, 0.05) is 32.0 Å². The molecule has 0 aromatic heterocycles. The summed E-state index contributed by atoms with van der Waals surface area (Å²) in [5.74, 6) is 0.569. The number of hydrogen-bond acceptors (Lipinski definition) is 3. The fourth-order valence-corrected chi connectivity index (χ4v) is 2.58. The largest absolute Gasteiger partial charge is 0.377 e. The lowest BCUT2D eigenvalue weighted by molar-refractivity contribution is -0.122. The van der Waals surface area contributed by atoms with Gasteiger partial charge in [0.25, 0.3) is 0 Å². The Morgan fingerprint density at radius 2 is 2.11 bits per heavy atom. The van der Waals surface area contributed by atoms with Crippen LogP contribution in [-0.2, 0) is 9.53 Å². The van der Waals surface area contributed by atoms with Crippen LogP contribution in [0.5, 0.6) is 0 Å². The Kier molecular flexibility index (Phi) is 6.09. The van der Waals surface area contributed by atoms with E-state index in [9.17, 15) is 4.79 Å². The van der Waals surface area contributed by atoms with E-state index in [1.54, 1.807) is 0 Å². The smallest absolute Gasteiger partial charge is 0.221 e. The van der Waals surface area contributed by atoms with Crippen LogP contribution in [0.15, 0.2) is 0 Å². The first kappa shape index (κ1) is 15.4. The Bertz CT molecular complexity index is 261. The molecule has 0 bridgehead atoms. The molecule has 0 radical (unpaired) electrons. The summed E-state index contributed by atoms with van der Waals surface area (Å²) in [4.78, 5) is 11.6. The predicted octanol–water partition coefficient (Wildman–Crippen LogP) is 1.55. The lowest BCUT2D eigenvalue weighted by Crippen LogP contribution is -2.45. The molecule has 1 aliphatic rings. The summed E-state index contributed by atoms with van der Waals surface area (Å²) < 4.78 is 5.90. The highest BCUT2D eigenvalue weighted by Crippen LogP contribution is 2.33. The van der Waals surface area contributed by atoms with Crippen molar-refractivity contribution in [3.8, 4) is 0 Å². The van der Waals surface area contributed by atoms with Crippen LogP contribution in [0.4, 0.5) is 0 Å². The molecule has 4 heteroatoms. The van der Waals surface area contributed by atoms with Crippen molar-refractivity contribution in [1.29, 1.82) is 0 Å². The highest BCUT2D eigenvalue weighted by molar-refractivity contribution is 5.76. The molecule has 1 saturated heterocycles. The molecule has 1 rings (SSSR count). The third-order valence-electron chi connectivity index (χ3n) is 3.46. The molecule has 18 heavy (non-hydrogen) atoms. The number of ether oxygens (including phenoxy) is 1. The average molecular weight is 256 g/mol. The molecular weight excluding hydrogens is 228 g/mol. The van der Waals surface area contributed by atoms with Crippen molar-refractivity contribution in [2.45, 2.75) is 46.1 Å². The van der Waals surface area contributed by atoms with Gasteiger partial charge in [0.2, 0.25) is 5.91 Å². The molecule has 0 saturated carbocycles. The maximum Gasteiger partial charge on any atom is 0.221 e. The molecule has 0 aromatic carbocycles. The van der Waals surface area contributed by atoms with Gasteiger partial charge in [-0.1, -0.05) is 20.8 Å². The molecule has 1 aliphatic heterocycles. The van der Waals surface area contributed by atoms with Crippen molar-refractivity contribution in [2.75, 3.05) is 26.7 Å². The molecule has 2 N–H and O–H groups in total. The van der Waals surface area contributed by atoms with E-state index in [4.69, 9.17) is 4.74 Å². The second-order valence-electron chi connectivity index (χ2n) is 6.22. The average Bonchev–Trinajstić information content (AvgIpc) is 2.33. The molecule has 0 aliphatic carbocycles. The quantitative estimate of drug-likeness (QED) is 0.785. The predicted molar refractivity (Wildman–Crippen MR) is 73.5 cm³/mol. The normalized spacial score (nSPS) is 24.9. The fraction of sp³-hybridized carbons (Fsp3) is 0.929. The molecule has 0 spiro atoms. The van der Waals surface area contributed by atoms with Crippen molar-refractivity contribution >= 4 is 5.91 Å². The van der Waals surface area contributed by atoms with Gasteiger partial charge in [0.15, 0.2) is 0 Å². The Labute approximate surface area is 111 Å². The van der Waals surface area contributed by atoms with E-state index in [0.29, 0.717) is 12.3 Å². The first-order valence-corrected chi connectivity index (χ1v) is 6.98. The Hall–Kier alpha value is -0.610. The number of carbonyl (C=O) groups excluding carboxylic acids is 1. The summed E-state index contributed by atoms with van der Waals surface area (Å²) in [6.07, 6.45) is 3.04. The maximum atomic E-state index is 11.6. The van der Waals surface area contributed by atoms with Crippen molar-refractivity contribution in [3.63, 3.8) is 0 Å². The van der Waals surface area contributed by atoms with Crippen LogP contribution >= 0.6 is 0 Å². The van der Waals surface area contributed by atoms with Crippen molar-refractivity contribution in [3.05, 3.63) is 0 Å². The minimum atomic E-state index is 0.127. The number of nitrogens with one attached hydrogen (secondary N) is 2. The summed E-state index contributed by atoms with van der Waals surface area (Å²) >= 11 is 0. The standard InChI is InChI=1S/C14H28N2O2/c1-14(2,3)13-11(6-5-9-18-13)10-16-12(17)7-8-15-4/h11,13,15H,5-10H2,1-4H3,(H,16,17). The SMILES string of the molecule is CNCCC(=O)NCC1CCCOC1C(C)(C)C. The van der Waals surface area contributed by atoms with E-state index >= 15 is 0 Å². The van der Waals surface area contributed by atoms with Crippen LogP contribution in [0.3, 0.4) is 0 Å². The highest BCUT2D eigenvalue weighted by atomic mass is 16.5. The van der Waals surface area contributed by atoms with Gasteiger partial charge in [-0.3, -0.25) is 4.79 Å². The summed E-state index contributed by atoms with van der Waals surface area (Å²) in [6.45, 7) is 8.95. The summed E-state index contributed by atoms with van der Waals surface area (Å²) in [5, 5.41) is 6.01. The Morgan fingerprint density at radius 3 is 2.72 bits per heavy atom. The van der Waals surface area contributed by atoms with Crippen molar-refractivity contribution < 1.29 is 9.53 Å². The summed E-state index contributed by atoms with van der Waals surface area (Å²) in [7, 11) is 1.86. The number of hydrogen-bond donors (Lipinski definition) is 2. The number of rotatable bonds is 5. The first-order chi connectivity index (χ1) is 8.45. The maximum absolute atomic E-state index is 11.6. The van der Waals surface area contributed by atoms with E-state index < -0.39 is 0 Å². The zero-order valence-corrected chi connectivity index (χ0v) is 12.2. The molecular formula is C14H28N2O2. The Morgan fingerprint density at radius 1 is 1.39 bits per heavy atom. The first-order valence-electron chi connectivity index (χ1n) is 6.98. The van der Waals surface area contributed by atoms with Crippen LogP contribution in [0.25, 0.3) is 0 Å². The van der Waals surface area contributed by atoms with Crippen LogP contribution < -0.4 is 10.6 Å². The zero-order valence-electron chi connectivity index (χ0n) is 12.2. The number of carbonyl (C=O) groups is 1. The van der Waals surface area contributed by atoms with Gasteiger partial charge in [-0.2, -0.15) is 0 Å². The molecule has 1 heterocycles. The van der Waals surface area contributed by atoms with E-state index in [1.807, 2.05) is 7.05 Å². The lowest BCUT2D eigenvalue weighted by atomic mass is 9.78. The van der Waals surface area contributed by atoms with E-state index in [0.717, 1.165) is 32.5 Å². The topological polar surface area (TPSA) is 50.4 Å². The minimum absolute atomic E-state index is 0.127. The van der Waals surface area contributed by atoms with Crippen LogP contribution in [0, 0.1) is 11.3 Å². The van der Waals surface area contributed by atoms with Crippen molar-refractivity contribution in [1.82, 2.24) is 10.6 Å². The van der Waals surface area contributed by atoms with Gasteiger partial charge in [-0.15, -0.1) is 0 Å². The molecule has 106 valence electrons. The van der Waals surface area contributed by atoms with Gasteiger partial charge in [0.1, 0.15) is 0 Å². The third-order valence-corrected chi connectivity index (χ3v) is 3.46. The second-order valence-corrected chi connectivity index (χ2v) is 6.22. The molecule has 4 nitrogen and oxygen atoms in total. The van der Waals surface area contributed by atoms with Crippen molar-refractivity contribution in [2.24, 2.45) is 11.3 Å². The molecule has 1 amide bonds. The van der Waals surface area contributed by atoms with Gasteiger partial charge in [-0.05, 0) is 25.3 Å². The Balaban J connectivity index is 2.40. The third kappa shape index (κ3) is 4.94. The monoisotopic (exact) mass is 256 g/mol. The molecule has 2 unspecified atom stereocenters. The van der Waals surface area contributed by atoms with E-state index in [1.165, 1.54) is 0 Å². The van der Waals surface area contributed by atoms with E-state index in [-0.39, 0.29) is 17.4 Å². The summed E-state index contributed by atoms with van der Waals surface area (Å²) in [6, 6.07) is 0. The highest BCUT2D eigenvalue weighted by Gasteiger charge is 2.35. The summed E-state index contributed by atoms with van der Waals surface area (Å²) in [5.41, 5.74) is 0.140. The molecule has 0 aromatic rings. The van der Waals surface area contributed by atoms with Gasteiger partial charge in [0.05, 0.1) is 6.10 Å². The van der Waals surface area contributed by atoms with E-state index in [2.05, 4.69) is 31.4 Å². The van der Waals surface area contributed by atoms with Crippen LogP contribution in [-0.4, -0.2) is 38.8 Å². The fourth-order valence-electron chi connectivity index (χ4n) is 2.58. The van der Waals surface area contributed by atoms with Gasteiger partial charge in [-0.25, -0.2) is 0 Å². The zero-order chi connectivity index (χ0) is 13.6. The lowest BCUT2D eigenvalue weighted by Gasteiger charge is -2.40. The minimum Gasteiger partial charge on any atom is -0.377 e.